The molecule has 0 amide bonds. The van der Waals surface area contributed by atoms with Crippen LogP contribution in [0.25, 0.3) is 0 Å². The second-order valence-corrected chi connectivity index (χ2v) is 6.64. The van der Waals surface area contributed by atoms with Crippen molar-refractivity contribution < 1.29 is 0 Å². The molecule has 0 spiro atoms. The van der Waals surface area contributed by atoms with E-state index in [0.717, 1.165) is 18.4 Å². The van der Waals surface area contributed by atoms with Gasteiger partial charge >= 0.3 is 0 Å². The van der Waals surface area contributed by atoms with Crippen LogP contribution in [0.3, 0.4) is 0 Å². The fourth-order valence-corrected chi connectivity index (χ4v) is 3.65. The molecule has 1 N–H and O–H groups in total. The highest BCUT2D eigenvalue weighted by Gasteiger charge is 2.19. The van der Waals surface area contributed by atoms with E-state index in [2.05, 4.69) is 59.4 Å². The van der Waals surface area contributed by atoms with E-state index in [1.807, 2.05) is 0 Å². The molecule has 1 aromatic carbocycles. The molecule has 2 rings (SSSR count). The minimum Gasteiger partial charge on any atom is -0.310 e. The molecule has 0 aromatic heterocycles. The van der Waals surface area contributed by atoms with Crippen LogP contribution in [0.5, 0.6) is 0 Å². The number of halogens is 1. The van der Waals surface area contributed by atoms with Crippen molar-refractivity contribution in [3.05, 3.63) is 34.3 Å². The first-order chi connectivity index (χ1) is 8.66. The van der Waals surface area contributed by atoms with Gasteiger partial charge in [-0.25, -0.2) is 0 Å². The predicted molar refractivity (Wildman–Crippen MR) is 81.7 cm³/mol. The summed E-state index contributed by atoms with van der Waals surface area (Å²) < 4.78 is 1.21. The SMILES string of the molecule is CC1CCCC(CNC(C)c2ccccc2Br)C1. The lowest BCUT2D eigenvalue weighted by atomic mass is 9.82. The third-order valence-corrected chi connectivity index (χ3v) is 4.85. The van der Waals surface area contributed by atoms with Crippen LogP contribution in [0.2, 0.25) is 0 Å². The smallest absolute Gasteiger partial charge is 0.0303 e. The molecule has 1 fully saturated rings. The number of rotatable bonds is 4. The summed E-state index contributed by atoms with van der Waals surface area (Å²) in [4.78, 5) is 0. The van der Waals surface area contributed by atoms with Crippen LogP contribution in [0.4, 0.5) is 0 Å². The van der Waals surface area contributed by atoms with Gasteiger partial charge in [-0.3, -0.25) is 0 Å². The Labute approximate surface area is 119 Å². The van der Waals surface area contributed by atoms with Gasteiger partial charge in [-0.2, -0.15) is 0 Å². The summed E-state index contributed by atoms with van der Waals surface area (Å²) in [7, 11) is 0. The van der Waals surface area contributed by atoms with Crippen LogP contribution < -0.4 is 5.32 Å². The zero-order valence-corrected chi connectivity index (χ0v) is 13.0. The van der Waals surface area contributed by atoms with Crippen LogP contribution in [0.1, 0.15) is 51.1 Å². The molecule has 1 nitrogen and oxygen atoms in total. The van der Waals surface area contributed by atoms with E-state index in [1.165, 1.54) is 35.7 Å². The molecule has 0 bridgehead atoms. The second kappa shape index (κ2) is 6.72. The van der Waals surface area contributed by atoms with Gasteiger partial charge < -0.3 is 5.32 Å². The lowest BCUT2D eigenvalue weighted by Crippen LogP contribution is -2.28. The van der Waals surface area contributed by atoms with Crippen molar-refractivity contribution in [3.8, 4) is 0 Å². The molecule has 1 saturated carbocycles. The molecule has 1 aromatic rings. The summed E-state index contributed by atoms with van der Waals surface area (Å²) >= 11 is 3.63. The third-order valence-electron chi connectivity index (χ3n) is 4.13. The van der Waals surface area contributed by atoms with Crippen molar-refractivity contribution in [1.82, 2.24) is 5.32 Å². The van der Waals surface area contributed by atoms with Crippen LogP contribution >= 0.6 is 15.9 Å². The van der Waals surface area contributed by atoms with E-state index in [1.54, 1.807) is 0 Å². The first kappa shape index (κ1) is 14.1. The average molecular weight is 310 g/mol. The van der Waals surface area contributed by atoms with E-state index in [0.29, 0.717) is 6.04 Å². The lowest BCUT2D eigenvalue weighted by Gasteiger charge is -2.28. The molecule has 0 saturated heterocycles. The van der Waals surface area contributed by atoms with Crippen LogP contribution in [-0.4, -0.2) is 6.54 Å². The van der Waals surface area contributed by atoms with Gasteiger partial charge in [0.2, 0.25) is 0 Å². The molecule has 3 atom stereocenters. The topological polar surface area (TPSA) is 12.0 Å². The molecule has 18 heavy (non-hydrogen) atoms. The maximum atomic E-state index is 3.70. The molecule has 1 aliphatic carbocycles. The third kappa shape index (κ3) is 3.83. The summed E-state index contributed by atoms with van der Waals surface area (Å²) in [6, 6.07) is 8.93. The predicted octanol–water partition coefficient (Wildman–Crippen LogP) is 4.93. The van der Waals surface area contributed by atoms with E-state index >= 15 is 0 Å². The van der Waals surface area contributed by atoms with Crippen molar-refractivity contribution >= 4 is 15.9 Å². The van der Waals surface area contributed by atoms with Gasteiger partial charge in [0.15, 0.2) is 0 Å². The number of nitrogens with one attached hydrogen (secondary N) is 1. The molecule has 2 heteroatoms. The molecule has 0 radical (unpaired) electrons. The quantitative estimate of drug-likeness (QED) is 0.832. The minimum atomic E-state index is 0.429. The Morgan fingerprint density at radius 1 is 1.33 bits per heavy atom. The van der Waals surface area contributed by atoms with Crippen molar-refractivity contribution in [2.24, 2.45) is 11.8 Å². The number of hydrogen-bond acceptors (Lipinski definition) is 1. The number of hydrogen-bond donors (Lipinski definition) is 1. The fraction of sp³-hybridized carbons (Fsp3) is 0.625. The molecule has 1 aliphatic rings. The van der Waals surface area contributed by atoms with Gasteiger partial charge in [0.25, 0.3) is 0 Å². The average Bonchev–Trinajstić information content (AvgIpc) is 2.37. The first-order valence-electron chi connectivity index (χ1n) is 7.14. The highest BCUT2D eigenvalue weighted by molar-refractivity contribution is 9.10. The first-order valence-corrected chi connectivity index (χ1v) is 7.94. The normalized spacial score (nSPS) is 25.9. The summed E-state index contributed by atoms with van der Waals surface area (Å²) in [5.74, 6) is 1.79. The molecule has 3 unspecified atom stereocenters. The van der Waals surface area contributed by atoms with Gasteiger partial charge in [0.1, 0.15) is 0 Å². The minimum absolute atomic E-state index is 0.429. The zero-order valence-electron chi connectivity index (χ0n) is 11.5. The molecular formula is C16H24BrN. The van der Waals surface area contributed by atoms with E-state index in [-0.39, 0.29) is 0 Å². The summed E-state index contributed by atoms with van der Waals surface area (Å²) in [6.45, 7) is 5.81. The van der Waals surface area contributed by atoms with Crippen molar-refractivity contribution in [3.63, 3.8) is 0 Å². The lowest BCUT2D eigenvalue weighted by molar-refractivity contribution is 0.268. The maximum absolute atomic E-state index is 3.70. The highest BCUT2D eigenvalue weighted by atomic mass is 79.9. The van der Waals surface area contributed by atoms with Gasteiger partial charge in [0, 0.05) is 10.5 Å². The fourth-order valence-electron chi connectivity index (χ4n) is 3.02. The Hall–Kier alpha value is -0.340. The molecule has 0 aliphatic heterocycles. The van der Waals surface area contributed by atoms with Crippen molar-refractivity contribution in [2.75, 3.05) is 6.54 Å². The van der Waals surface area contributed by atoms with E-state index in [9.17, 15) is 0 Å². The van der Waals surface area contributed by atoms with E-state index in [4.69, 9.17) is 0 Å². The van der Waals surface area contributed by atoms with Gasteiger partial charge in [-0.1, -0.05) is 53.9 Å². The summed E-state index contributed by atoms with van der Waals surface area (Å²) in [5.41, 5.74) is 1.36. The zero-order chi connectivity index (χ0) is 13.0. The number of benzene rings is 1. The summed E-state index contributed by atoms with van der Waals surface area (Å²) in [5, 5.41) is 3.70. The van der Waals surface area contributed by atoms with Crippen molar-refractivity contribution in [2.45, 2.75) is 45.6 Å². The van der Waals surface area contributed by atoms with Gasteiger partial charge in [-0.05, 0) is 49.8 Å². The van der Waals surface area contributed by atoms with Crippen LogP contribution in [0, 0.1) is 11.8 Å². The Kier molecular flexibility index (Phi) is 5.25. The molecule has 0 heterocycles. The molecular weight excluding hydrogens is 286 g/mol. The Morgan fingerprint density at radius 3 is 2.83 bits per heavy atom. The molecule has 100 valence electrons. The Balaban J connectivity index is 1.84. The monoisotopic (exact) mass is 309 g/mol. The van der Waals surface area contributed by atoms with Crippen LogP contribution in [0.15, 0.2) is 28.7 Å². The van der Waals surface area contributed by atoms with Gasteiger partial charge in [-0.15, -0.1) is 0 Å². The van der Waals surface area contributed by atoms with Crippen molar-refractivity contribution in [1.29, 1.82) is 0 Å². The Morgan fingerprint density at radius 2 is 2.11 bits per heavy atom. The Bertz CT molecular complexity index is 377. The van der Waals surface area contributed by atoms with Crippen LogP contribution in [-0.2, 0) is 0 Å². The van der Waals surface area contributed by atoms with E-state index < -0.39 is 0 Å². The maximum Gasteiger partial charge on any atom is 0.0303 e. The standard InChI is InChI=1S/C16H24BrN/c1-12-6-5-7-14(10-12)11-18-13(2)15-8-3-4-9-16(15)17/h3-4,8-9,12-14,18H,5-7,10-11H2,1-2H3. The summed E-state index contributed by atoms with van der Waals surface area (Å²) in [6.07, 6.45) is 5.64. The van der Waals surface area contributed by atoms with Gasteiger partial charge in [0.05, 0.1) is 0 Å². The highest BCUT2D eigenvalue weighted by Crippen LogP contribution is 2.29. The largest absolute Gasteiger partial charge is 0.310 e. The second-order valence-electron chi connectivity index (χ2n) is 5.79.